The number of ether oxygens (including phenoxy) is 1. The van der Waals surface area contributed by atoms with Crippen LogP contribution in [0.1, 0.15) is 22.9 Å². The highest BCUT2D eigenvalue weighted by Gasteiger charge is 2.30. The maximum absolute atomic E-state index is 12.5. The van der Waals surface area contributed by atoms with Gasteiger partial charge in [0, 0.05) is 53.6 Å². The molecule has 172 valence electrons. The maximum atomic E-state index is 12.5. The van der Waals surface area contributed by atoms with Crippen molar-refractivity contribution in [3.63, 3.8) is 0 Å². The number of rotatable bonds is 6. The number of benzene rings is 2. The van der Waals surface area contributed by atoms with Crippen molar-refractivity contribution < 1.29 is 17.9 Å². The first-order chi connectivity index (χ1) is 14.6. The standard InChI is InChI=1S/C22H28F3N3.C2H6O/c1-26(2)20-10-8-19(9-11-20)21-27(3)14-15-28(21)13-12-17-4-6-18(7-5-17)16-22(23,24)25;1-3-2/h4-11,21H,12-16H2,1-3H3;1-2H3. The number of alkyl halides is 3. The molecule has 1 aliphatic heterocycles. The molecular formula is C24H34F3N3O. The predicted octanol–water partition coefficient (Wildman–Crippen LogP) is 4.61. The van der Waals surface area contributed by atoms with E-state index in [0.29, 0.717) is 5.56 Å². The zero-order chi connectivity index (χ0) is 23.0. The quantitative estimate of drug-likeness (QED) is 0.657. The first-order valence-electron chi connectivity index (χ1n) is 10.4. The zero-order valence-corrected chi connectivity index (χ0v) is 19.1. The van der Waals surface area contributed by atoms with Gasteiger partial charge in [0.2, 0.25) is 0 Å². The second-order valence-corrected chi connectivity index (χ2v) is 8.14. The van der Waals surface area contributed by atoms with Gasteiger partial charge >= 0.3 is 6.18 Å². The van der Waals surface area contributed by atoms with E-state index in [2.05, 4.69) is 50.7 Å². The van der Waals surface area contributed by atoms with Crippen LogP contribution in [0.5, 0.6) is 0 Å². The average Bonchev–Trinajstić information content (AvgIpc) is 3.07. The largest absolute Gasteiger partial charge is 0.393 e. The summed E-state index contributed by atoms with van der Waals surface area (Å²) >= 11 is 0. The number of hydrogen-bond donors (Lipinski definition) is 0. The van der Waals surface area contributed by atoms with Gasteiger partial charge < -0.3 is 9.64 Å². The summed E-state index contributed by atoms with van der Waals surface area (Å²) in [5.74, 6) is 0. The van der Waals surface area contributed by atoms with Gasteiger partial charge in [-0.25, -0.2) is 0 Å². The Bertz CT molecular complexity index is 776. The molecule has 2 aromatic rings. The van der Waals surface area contributed by atoms with Crippen LogP contribution >= 0.6 is 0 Å². The second-order valence-electron chi connectivity index (χ2n) is 8.14. The lowest BCUT2D eigenvalue weighted by Crippen LogP contribution is -2.30. The molecule has 31 heavy (non-hydrogen) atoms. The SMILES string of the molecule is CN(C)c1ccc(C2N(C)CCN2CCc2ccc(CC(F)(F)F)cc2)cc1.COC. The van der Waals surface area contributed by atoms with Crippen molar-refractivity contribution >= 4 is 5.69 Å². The first kappa shape index (κ1) is 25.2. The Kier molecular flexibility index (Phi) is 9.34. The monoisotopic (exact) mass is 437 g/mol. The number of halogens is 3. The molecule has 1 aliphatic rings. The van der Waals surface area contributed by atoms with Crippen molar-refractivity contribution in [2.75, 3.05) is 59.9 Å². The Morgan fingerprint density at radius 1 is 0.935 bits per heavy atom. The Labute approximate surface area is 184 Å². The fourth-order valence-electron chi connectivity index (χ4n) is 3.78. The van der Waals surface area contributed by atoms with E-state index in [1.807, 2.05) is 26.2 Å². The number of anilines is 1. The topological polar surface area (TPSA) is 19.0 Å². The van der Waals surface area contributed by atoms with Gasteiger partial charge in [-0.2, -0.15) is 13.2 Å². The maximum Gasteiger partial charge on any atom is 0.393 e. The van der Waals surface area contributed by atoms with E-state index in [-0.39, 0.29) is 6.17 Å². The third kappa shape index (κ3) is 7.83. The van der Waals surface area contributed by atoms with Crippen molar-refractivity contribution in [2.24, 2.45) is 0 Å². The highest BCUT2D eigenvalue weighted by Crippen LogP contribution is 2.30. The van der Waals surface area contributed by atoms with Crippen LogP contribution in [-0.4, -0.2) is 71.0 Å². The summed E-state index contributed by atoms with van der Waals surface area (Å²) in [6, 6.07) is 15.5. The summed E-state index contributed by atoms with van der Waals surface area (Å²) in [6.07, 6.45) is -3.96. The summed E-state index contributed by atoms with van der Waals surface area (Å²) in [7, 11) is 9.45. The molecular weight excluding hydrogens is 403 g/mol. The minimum absolute atomic E-state index is 0.237. The Morgan fingerprint density at radius 2 is 1.48 bits per heavy atom. The zero-order valence-electron chi connectivity index (χ0n) is 19.1. The number of methoxy groups -OCH3 is 1. The summed E-state index contributed by atoms with van der Waals surface area (Å²) in [5, 5.41) is 0. The number of likely N-dealkylation sites (N-methyl/N-ethyl adjacent to an activating group) is 1. The van der Waals surface area contributed by atoms with Gasteiger partial charge in [0.1, 0.15) is 0 Å². The summed E-state index contributed by atoms with van der Waals surface area (Å²) < 4.78 is 41.7. The van der Waals surface area contributed by atoms with Crippen LogP contribution in [-0.2, 0) is 17.6 Å². The van der Waals surface area contributed by atoms with E-state index in [1.165, 1.54) is 11.3 Å². The molecule has 0 bridgehead atoms. The summed E-state index contributed by atoms with van der Waals surface area (Å²) in [6.45, 7) is 2.87. The molecule has 7 heteroatoms. The van der Waals surface area contributed by atoms with Gasteiger partial charge in [-0.15, -0.1) is 0 Å². The van der Waals surface area contributed by atoms with Crippen molar-refractivity contribution in [3.8, 4) is 0 Å². The second kappa shape index (κ2) is 11.5. The number of nitrogens with zero attached hydrogens (tertiary/aromatic N) is 3. The summed E-state index contributed by atoms with van der Waals surface area (Å²) in [5.41, 5.74) is 3.83. The third-order valence-corrected chi connectivity index (χ3v) is 5.33. The molecule has 4 nitrogen and oxygen atoms in total. The molecule has 1 heterocycles. The minimum Gasteiger partial charge on any atom is -0.388 e. The van der Waals surface area contributed by atoms with Crippen LogP contribution < -0.4 is 4.90 Å². The van der Waals surface area contributed by atoms with Crippen molar-refractivity contribution in [1.29, 1.82) is 0 Å². The van der Waals surface area contributed by atoms with Gasteiger partial charge in [0.15, 0.2) is 0 Å². The smallest absolute Gasteiger partial charge is 0.388 e. The normalized spacial score (nSPS) is 17.4. The fraction of sp³-hybridized carbons (Fsp3) is 0.500. The van der Waals surface area contributed by atoms with E-state index in [0.717, 1.165) is 31.6 Å². The summed E-state index contributed by atoms with van der Waals surface area (Å²) in [4.78, 5) is 6.87. The molecule has 0 aromatic heterocycles. The van der Waals surface area contributed by atoms with Crippen LogP contribution in [0.15, 0.2) is 48.5 Å². The van der Waals surface area contributed by atoms with E-state index in [9.17, 15) is 13.2 Å². The molecule has 1 unspecified atom stereocenters. The molecule has 0 N–H and O–H groups in total. The van der Waals surface area contributed by atoms with Gasteiger partial charge in [-0.05, 0) is 42.3 Å². The van der Waals surface area contributed by atoms with Crippen LogP contribution in [0, 0.1) is 0 Å². The van der Waals surface area contributed by atoms with Gasteiger partial charge in [0.05, 0.1) is 12.6 Å². The average molecular weight is 438 g/mol. The highest BCUT2D eigenvalue weighted by atomic mass is 19.4. The molecule has 2 aromatic carbocycles. The lowest BCUT2D eigenvalue weighted by atomic mass is 10.1. The molecule has 1 fully saturated rings. The Balaban J connectivity index is 0.00000107. The van der Waals surface area contributed by atoms with Crippen molar-refractivity contribution in [2.45, 2.75) is 25.2 Å². The van der Waals surface area contributed by atoms with Crippen molar-refractivity contribution in [1.82, 2.24) is 9.80 Å². The fourth-order valence-corrected chi connectivity index (χ4v) is 3.78. The van der Waals surface area contributed by atoms with Gasteiger partial charge in [-0.3, -0.25) is 9.80 Å². The van der Waals surface area contributed by atoms with E-state index >= 15 is 0 Å². The Hall–Kier alpha value is -2.09. The van der Waals surface area contributed by atoms with E-state index in [1.54, 1.807) is 26.4 Å². The van der Waals surface area contributed by atoms with E-state index in [4.69, 9.17) is 0 Å². The molecule has 3 rings (SSSR count). The number of hydrogen-bond acceptors (Lipinski definition) is 4. The van der Waals surface area contributed by atoms with E-state index < -0.39 is 12.6 Å². The lowest BCUT2D eigenvalue weighted by Gasteiger charge is -2.29. The Morgan fingerprint density at radius 3 is 2.00 bits per heavy atom. The first-order valence-corrected chi connectivity index (χ1v) is 10.4. The van der Waals surface area contributed by atoms with Crippen molar-refractivity contribution in [3.05, 3.63) is 65.2 Å². The van der Waals surface area contributed by atoms with Crippen LogP contribution in [0.25, 0.3) is 0 Å². The third-order valence-electron chi connectivity index (χ3n) is 5.33. The van der Waals surface area contributed by atoms with Crippen LogP contribution in [0.3, 0.4) is 0 Å². The molecule has 1 saturated heterocycles. The van der Waals surface area contributed by atoms with Crippen LogP contribution in [0.4, 0.5) is 18.9 Å². The van der Waals surface area contributed by atoms with Gasteiger partial charge in [-0.1, -0.05) is 36.4 Å². The predicted molar refractivity (Wildman–Crippen MR) is 121 cm³/mol. The molecule has 0 saturated carbocycles. The molecule has 0 amide bonds. The minimum atomic E-state index is -4.16. The molecule has 1 atom stereocenters. The highest BCUT2D eigenvalue weighted by molar-refractivity contribution is 5.46. The molecule has 0 aliphatic carbocycles. The molecule has 0 spiro atoms. The lowest BCUT2D eigenvalue weighted by molar-refractivity contribution is -0.127. The van der Waals surface area contributed by atoms with Gasteiger partial charge in [0.25, 0.3) is 0 Å². The molecule has 0 radical (unpaired) electrons. The van der Waals surface area contributed by atoms with Crippen LogP contribution in [0.2, 0.25) is 0 Å².